The third-order valence-electron chi connectivity index (χ3n) is 6.13. The average molecular weight is 464 g/mol. The number of nitrogens with one attached hydrogen (secondary N) is 2. The second kappa shape index (κ2) is 9.06. The molecule has 5 rings (SSSR count). The van der Waals surface area contributed by atoms with Crippen molar-refractivity contribution in [1.29, 1.82) is 0 Å². The molecular formula is C29H26FN5. The highest BCUT2D eigenvalue weighted by atomic mass is 19.1. The van der Waals surface area contributed by atoms with Gasteiger partial charge in [0.25, 0.3) is 0 Å². The number of H-pyrrole nitrogens is 2. The van der Waals surface area contributed by atoms with Crippen molar-refractivity contribution in [3.05, 3.63) is 103 Å². The Kier molecular flexibility index (Phi) is 5.79. The summed E-state index contributed by atoms with van der Waals surface area (Å²) in [6.45, 7) is 5.91. The van der Waals surface area contributed by atoms with Crippen LogP contribution in [0.2, 0.25) is 0 Å². The molecule has 0 atom stereocenters. The summed E-state index contributed by atoms with van der Waals surface area (Å²) in [4.78, 5) is 10.4. The van der Waals surface area contributed by atoms with Crippen molar-refractivity contribution in [3.8, 4) is 22.5 Å². The van der Waals surface area contributed by atoms with Gasteiger partial charge in [0, 0.05) is 36.3 Å². The number of rotatable bonds is 6. The molecule has 0 saturated carbocycles. The van der Waals surface area contributed by atoms with Gasteiger partial charge in [0.05, 0.1) is 16.9 Å². The van der Waals surface area contributed by atoms with Crippen molar-refractivity contribution < 1.29 is 4.39 Å². The van der Waals surface area contributed by atoms with Crippen molar-refractivity contribution in [2.24, 2.45) is 0 Å². The summed E-state index contributed by atoms with van der Waals surface area (Å²) in [6.07, 6.45) is 5.91. The molecule has 3 aromatic heterocycles. The van der Waals surface area contributed by atoms with E-state index in [1.807, 2.05) is 80.5 Å². The minimum absolute atomic E-state index is 0.247. The van der Waals surface area contributed by atoms with Gasteiger partial charge in [-0.2, -0.15) is 5.10 Å². The molecule has 0 spiro atoms. The second-order valence-electron chi connectivity index (χ2n) is 8.51. The summed E-state index contributed by atoms with van der Waals surface area (Å²) in [5.41, 5.74) is 8.26. The molecule has 0 saturated heterocycles. The number of hydrogen-bond donors (Lipinski definition) is 2. The number of allylic oxidation sites excluding steroid dienone is 4. The van der Waals surface area contributed by atoms with Crippen LogP contribution in [0.5, 0.6) is 0 Å². The molecular weight excluding hydrogens is 437 g/mol. The van der Waals surface area contributed by atoms with Crippen LogP contribution in [-0.4, -0.2) is 39.2 Å². The van der Waals surface area contributed by atoms with E-state index in [4.69, 9.17) is 4.98 Å². The van der Waals surface area contributed by atoms with Gasteiger partial charge in [0.1, 0.15) is 17.0 Å². The Hall–Kier alpha value is -4.45. The highest BCUT2D eigenvalue weighted by Gasteiger charge is 2.16. The number of halogens is 1. The van der Waals surface area contributed by atoms with Crippen molar-refractivity contribution in [3.63, 3.8) is 0 Å². The van der Waals surface area contributed by atoms with Crippen LogP contribution < -0.4 is 0 Å². The second-order valence-corrected chi connectivity index (χ2v) is 8.51. The van der Waals surface area contributed by atoms with Crippen LogP contribution in [0, 0.1) is 5.82 Å². The maximum absolute atomic E-state index is 14.6. The molecule has 0 aliphatic rings. The van der Waals surface area contributed by atoms with E-state index in [-0.39, 0.29) is 5.82 Å². The van der Waals surface area contributed by atoms with Crippen LogP contribution in [0.25, 0.3) is 50.0 Å². The number of aromatic nitrogens is 4. The van der Waals surface area contributed by atoms with Gasteiger partial charge in [-0.1, -0.05) is 43.0 Å². The minimum atomic E-state index is -0.247. The molecule has 0 aliphatic heterocycles. The minimum Gasteiger partial charge on any atom is -0.378 e. The first kappa shape index (κ1) is 22.3. The summed E-state index contributed by atoms with van der Waals surface area (Å²) < 4.78 is 14.6. The van der Waals surface area contributed by atoms with Gasteiger partial charge in [-0.25, -0.2) is 9.37 Å². The normalized spacial score (nSPS) is 12.5. The van der Waals surface area contributed by atoms with E-state index in [0.29, 0.717) is 11.3 Å². The monoisotopic (exact) mass is 463 g/mol. The van der Waals surface area contributed by atoms with Gasteiger partial charge < -0.3 is 9.88 Å². The first-order valence-electron chi connectivity index (χ1n) is 11.4. The first-order chi connectivity index (χ1) is 17.0. The molecule has 0 bridgehead atoms. The van der Waals surface area contributed by atoms with Gasteiger partial charge in [-0.3, -0.25) is 5.10 Å². The third kappa shape index (κ3) is 4.04. The number of aromatic amines is 2. The Morgan fingerprint density at radius 2 is 1.80 bits per heavy atom. The quantitative estimate of drug-likeness (QED) is 0.268. The summed E-state index contributed by atoms with van der Waals surface area (Å²) in [5, 5.41) is 8.58. The molecule has 3 heterocycles. The van der Waals surface area contributed by atoms with Gasteiger partial charge in [0.15, 0.2) is 0 Å². The lowest BCUT2D eigenvalue weighted by Gasteiger charge is -2.14. The zero-order chi connectivity index (χ0) is 24.5. The van der Waals surface area contributed by atoms with E-state index in [9.17, 15) is 4.39 Å². The molecule has 2 N–H and O–H groups in total. The molecule has 2 aromatic carbocycles. The Morgan fingerprint density at radius 3 is 2.54 bits per heavy atom. The Labute approximate surface area is 203 Å². The highest BCUT2D eigenvalue weighted by Crippen LogP contribution is 2.35. The van der Waals surface area contributed by atoms with E-state index in [0.717, 1.165) is 50.2 Å². The Morgan fingerprint density at radius 1 is 1.00 bits per heavy atom. The molecule has 0 aliphatic carbocycles. The molecule has 35 heavy (non-hydrogen) atoms. The van der Waals surface area contributed by atoms with E-state index in [1.54, 1.807) is 12.1 Å². The summed E-state index contributed by atoms with van der Waals surface area (Å²) in [5.74, 6) is -0.247. The van der Waals surface area contributed by atoms with E-state index in [1.165, 1.54) is 6.07 Å². The fourth-order valence-electron chi connectivity index (χ4n) is 4.28. The van der Waals surface area contributed by atoms with Crippen LogP contribution in [-0.2, 0) is 0 Å². The van der Waals surface area contributed by atoms with Gasteiger partial charge in [-0.15, -0.1) is 0 Å². The predicted molar refractivity (Wildman–Crippen MR) is 142 cm³/mol. The van der Waals surface area contributed by atoms with Crippen LogP contribution in [0.3, 0.4) is 0 Å². The molecule has 0 unspecified atom stereocenters. The van der Waals surface area contributed by atoms with Crippen molar-refractivity contribution >= 4 is 27.5 Å². The maximum atomic E-state index is 14.6. The molecule has 5 nitrogen and oxygen atoms in total. The maximum Gasteiger partial charge on any atom is 0.135 e. The largest absolute Gasteiger partial charge is 0.378 e. The van der Waals surface area contributed by atoms with E-state index < -0.39 is 0 Å². The number of likely N-dealkylation sites (N-methyl/N-ethyl adjacent to an activating group) is 1. The van der Waals surface area contributed by atoms with Gasteiger partial charge in [0.2, 0.25) is 0 Å². The Bertz CT molecular complexity index is 1620. The molecule has 6 heteroatoms. The molecule has 0 amide bonds. The van der Waals surface area contributed by atoms with E-state index >= 15 is 0 Å². The SMILES string of the molecule is C=C/C(=C\C(=C/C)c1ccc2[nH]nc(-c3cc4c(-c5ccccc5F)cccc4[nH]3)c2n1)N(C)C. The highest BCUT2D eigenvalue weighted by molar-refractivity contribution is 6.00. The smallest absolute Gasteiger partial charge is 0.135 e. The molecule has 0 radical (unpaired) electrons. The van der Waals surface area contributed by atoms with Crippen LogP contribution >= 0.6 is 0 Å². The lowest BCUT2D eigenvalue weighted by atomic mass is 10.0. The lowest BCUT2D eigenvalue weighted by molar-refractivity contribution is 0.530. The molecule has 174 valence electrons. The average Bonchev–Trinajstić information content (AvgIpc) is 3.48. The topological polar surface area (TPSA) is 60.6 Å². The van der Waals surface area contributed by atoms with Crippen molar-refractivity contribution in [2.45, 2.75) is 6.92 Å². The zero-order valence-corrected chi connectivity index (χ0v) is 19.9. The van der Waals surface area contributed by atoms with Gasteiger partial charge in [-0.05, 0) is 60.5 Å². The number of pyridine rings is 1. The molecule has 0 fully saturated rings. The van der Waals surface area contributed by atoms with E-state index in [2.05, 4.69) is 27.8 Å². The standard InChI is InChI=1S/C29H26FN5/c1-5-18(16-19(6-2)35(3)4)24-14-15-26-28(32-24)29(34-33-26)27-17-22-20(11-9-13-25(22)31-27)21-10-7-8-12-23(21)30/h5-17,31H,2H2,1,3-4H3,(H,33,34)/b18-5+,19-16+. The fourth-order valence-corrected chi connectivity index (χ4v) is 4.28. The summed E-state index contributed by atoms with van der Waals surface area (Å²) in [6, 6.07) is 18.7. The van der Waals surface area contributed by atoms with Crippen molar-refractivity contribution in [2.75, 3.05) is 14.1 Å². The zero-order valence-electron chi connectivity index (χ0n) is 19.9. The predicted octanol–water partition coefficient (Wildman–Crippen LogP) is 6.95. The number of hydrogen-bond acceptors (Lipinski definition) is 3. The van der Waals surface area contributed by atoms with Crippen LogP contribution in [0.4, 0.5) is 4.39 Å². The van der Waals surface area contributed by atoms with Gasteiger partial charge >= 0.3 is 0 Å². The third-order valence-corrected chi connectivity index (χ3v) is 6.13. The lowest BCUT2D eigenvalue weighted by Crippen LogP contribution is -2.09. The fraction of sp³-hybridized carbons (Fsp3) is 0.103. The van der Waals surface area contributed by atoms with Crippen LogP contribution in [0.1, 0.15) is 12.6 Å². The summed E-state index contributed by atoms with van der Waals surface area (Å²) in [7, 11) is 3.97. The Balaban J connectivity index is 1.63. The number of nitrogens with zero attached hydrogens (tertiary/aromatic N) is 3. The van der Waals surface area contributed by atoms with Crippen molar-refractivity contribution in [1.82, 2.24) is 25.1 Å². The number of fused-ring (bicyclic) bond motifs is 2. The molecule has 5 aromatic rings. The summed E-state index contributed by atoms with van der Waals surface area (Å²) >= 11 is 0. The number of benzene rings is 2. The van der Waals surface area contributed by atoms with Crippen LogP contribution in [0.15, 0.2) is 91.2 Å². The first-order valence-corrected chi connectivity index (χ1v) is 11.4.